The van der Waals surface area contributed by atoms with E-state index in [1.165, 1.54) is 180 Å². The van der Waals surface area contributed by atoms with Crippen LogP contribution in [-0.2, 0) is 9.53 Å². The van der Waals surface area contributed by atoms with Crippen molar-refractivity contribution in [2.24, 2.45) is 0 Å². The second kappa shape index (κ2) is 39.6. The first-order valence-corrected chi connectivity index (χ1v) is 18.4. The molecule has 0 amide bonds. The van der Waals surface area contributed by atoms with E-state index in [1.807, 2.05) is 6.92 Å². The summed E-state index contributed by atoms with van der Waals surface area (Å²) in [5.74, 6) is -0.0140. The Morgan fingerprint density at radius 3 is 0.795 bits per heavy atom. The van der Waals surface area contributed by atoms with E-state index >= 15 is 0 Å². The molecule has 0 N–H and O–H groups in total. The van der Waals surface area contributed by atoms with E-state index in [-0.39, 0.29) is 5.97 Å². The van der Waals surface area contributed by atoms with E-state index in [9.17, 15) is 4.79 Å². The topological polar surface area (TPSA) is 26.3 Å². The lowest BCUT2D eigenvalue weighted by Gasteiger charge is -2.04. The van der Waals surface area contributed by atoms with Crippen molar-refractivity contribution in [3.8, 4) is 0 Å². The lowest BCUT2D eigenvalue weighted by atomic mass is 10.0. The van der Waals surface area contributed by atoms with Gasteiger partial charge in [0.15, 0.2) is 0 Å². The van der Waals surface area contributed by atoms with E-state index in [0.29, 0.717) is 13.0 Å². The van der Waals surface area contributed by atoms with E-state index in [1.54, 1.807) is 0 Å². The van der Waals surface area contributed by atoms with Gasteiger partial charge in [0.05, 0.1) is 6.61 Å². The van der Waals surface area contributed by atoms with E-state index in [4.69, 9.17) is 4.74 Å². The van der Waals surface area contributed by atoms with Crippen molar-refractivity contribution in [2.75, 3.05) is 6.61 Å². The average Bonchev–Trinajstić information content (AvgIpc) is 2.95. The Balaban J connectivity index is 0. The maximum absolute atomic E-state index is 11.3. The minimum atomic E-state index is -0.0140. The molecule has 39 heavy (non-hydrogen) atoms. The number of carbonyl (C=O) groups is 1. The zero-order valence-corrected chi connectivity index (χ0v) is 27.9. The first-order chi connectivity index (χ1) is 19.2. The van der Waals surface area contributed by atoms with Crippen LogP contribution in [0.15, 0.2) is 0 Å². The zero-order valence-electron chi connectivity index (χ0n) is 27.9. The number of esters is 1. The van der Waals surface area contributed by atoms with Gasteiger partial charge in [-0.3, -0.25) is 4.79 Å². The second-order valence-corrected chi connectivity index (χ2v) is 12.2. The number of rotatable bonds is 31. The molecule has 2 heteroatoms. The highest BCUT2D eigenvalue weighted by Crippen LogP contribution is 2.14. The monoisotopic (exact) mass is 553 g/mol. The number of hydrogen-bond acceptors (Lipinski definition) is 2. The van der Waals surface area contributed by atoms with E-state index in [2.05, 4.69) is 20.8 Å². The summed E-state index contributed by atoms with van der Waals surface area (Å²) in [6, 6.07) is 0. The molecule has 0 saturated heterocycles. The Bertz CT molecular complexity index is 404. The van der Waals surface area contributed by atoms with Crippen molar-refractivity contribution >= 4 is 5.97 Å². The quantitative estimate of drug-likeness (QED) is 0.0631. The SMILES string of the molecule is CCCCCCCCCCCCCCCC(=O)OCCC.CCCCCCCCCCCCCCCCCC. The standard InChI is InChI=1S/C19H38O2.C18H38/c1-3-5-6-7-8-9-10-11-12-13-14-15-16-17-19(20)21-18-4-2;1-3-5-7-9-11-13-15-17-18-16-14-12-10-8-6-4-2/h3-18H2,1-2H3;3-18H2,1-2H3. The van der Waals surface area contributed by atoms with Gasteiger partial charge in [-0.2, -0.15) is 0 Å². The molecule has 0 heterocycles. The van der Waals surface area contributed by atoms with Crippen LogP contribution in [0.5, 0.6) is 0 Å². The molecular weight excluding hydrogens is 476 g/mol. The first kappa shape index (κ1) is 40.6. The first-order valence-electron chi connectivity index (χ1n) is 18.4. The van der Waals surface area contributed by atoms with Crippen LogP contribution in [0.4, 0.5) is 0 Å². The van der Waals surface area contributed by atoms with Gasteiger partial charge in [-0.05, 0) is 12.8 Å². The summed E-state index contributed by atoms with van der Waals surface area (Å²) >= 11 is 0. The number of ether oxygens (including phenoxy) is 1. The van der Waals surface area contributed by atoms with Crippen LogP contribution >= 0.6 is 0 Å². The van der Waals surface area contributed by atoms with Crippen molar-refractivity contribution in [3.05, 3.63) is 0 Å². The predicted octanol–water partition coefficient (Wildman–Crippen LogP) is 13.7. The highest BCUT2D eigenvalue weighted by atomic mass is 16.5. The Labute approximate surface area is 248 Å². The van der Waals surface area contributed by atoms with Gasteiger partial charge in [0.1, 0.15) is 0 Å². The van der Waals surface area contributed by atoms with Crippen LogP contribution in [0, 0.1) is 0 Å². The minimum Gasteiger partial charge on any atom is -0.466 e. The fourth-order valence-corrected chi connectivity index (χ4v) is 5.20. The van der Waals surface area contributed by atoms with Gasteiger partial charge >= 0.3 is 5.97 Å². The van der Waals surface area contributed by atoms with Crippen LogP contribution in [0.25, 0.3) is 0 Å². The molecule has 0 aromatic heterocycles. The maximum atomic E-state index is 11.3. The lowest BCUT2D eigenvalue weighted by molar-refractivity contribution is -0.143. The summed E-state index contributed by atoms with van der Waals surface area (Å²) in [6.45, 7) is 9.47. The molecule has 0 rings (SSSR count). The summed E-state index contributed by atoms with van der Waals surface area (Å²) in [5, 5.41) is 0. The van der Waals surface area contributed by atoms with Gasteiger partial charge in [0.25, 0.3) is 0 Å². The van der Waals surface area contributed by atoms with Crippen LogP contribution in [0.1, 0.15) is 227 Å². The Morgan fingerprint density at radius 2 is 0.564 bits per heavy atom. The summed E-state index contributed by atoms with van der Waals surface area (Å²) < 4.78 is 5.06. The van der Waals surface area contributed by atoms with Crippen molar-refractivity contribution in [3.63, 3.8) is 0 Å². The molecular formula is C37H76O2. The molecule has 0 unspecified atom stereocenters. The lowest BCUT2D eigenvalue weighted by Crippen LogP contribution is -2.04. The molecule has 0 fully saturated rings. The molecule has 0 atom stereocenters. The largest absolute Gasteiger partial charge is 0.466 e. The smallest absolute Gasteiger partial charge is 0.305 e. The molecule has 0 aromatic carbocycles. The number of carbonyl (C=O) groups excluding carboxylic acids is 1. The molecule has 0 aromatic rings. The highest BCUT2D eigenvalue weighted by Gasteiger charge is 2.01. The minimum absolute atomic E-state index is 0.0140. The van der Waals surface area contributed by atoms with Crippen LogP contribution in [0.2, 0.25) is 0 Å². The van der Waals surface area contributed by atoms with Crippen molar-refractivity contribution in [1.82, 2.24) is 0 Å². The molecule has 0 bridgehead atoms. The van der Waals surface area contributed by atoms with Crippen LogP contribution < -0.4 is 0 Å². The molecule has 0 aliphatic carbocycles. The summed E-state index contributed by atoms with van der Waals surface area (Å²) in [6.07, 6.45) is 42.4. The molecule has 0 aliphatic rings. The predicted molar refractivity (Wildman–Crippen MR) is 177 cm³/mol. The maximum Gasteiger partial charge on any atom is 0.305 e. The van der Waals surface area contributed by atoms with Gasteiger partial charge in [-0.25, -0.2) is 0 Å². The number of hydrogen-bond donors (Lipinski definition) is 0. The fourth-order valence-electron chi connectivity index (χ4n) is 5.20. The average molecular weight is 553 g/mol. The van der Waals surface area contributed by atoms with E-state index in [0.717, 1.165) is 12.8 Å². The molecule has 236 valence electrons. The van der Waals surface area contributed by atoms with Gasteiger partial charge in [-0.15, -0.1) is 0 Å². The molecule has 0 spiro atoms. The summed E-state index contributed by atoms with van der Waals surface area (Å²) in [7, 11) is 0. The van der Waals surface area contributed by atoms with Gasteiger partial charge in [0.2, 0.25) is 0 Å². The van der Waals surface area contributed by atoms with E-state index < -0.39 is 0 Å². The third-order valence-corrected chi connectivity index (χ3v) is 7.91. The van der Waals surface area contributed by atoms with Gasteiger partial charge in [-0.1, -0.05) is 207 Å². The van der Waals surface area contributed by atoms with Crippen molar-refractivity contribution in [1.29, 1.82) is 0 Å². The van der Waals surface area contributed by atoms with Gasteiger partial charge in [0, 0.05) is 6.42 Å². The summed E-state index contributed by atoms with van der Waals surface area (Å²) in [4.78, 5) is 11.3. The van der Waals surface area contributed by atoms with Crippen molar-refractivity contribution < 1.29 is 9.53 Å². The Morgan fingerprint density at radius 1 is 0.333 bits per heavy atom. The zero-order chi connectivity index (χ0) is 28.9. The molecule has 2 nitrogen and oxygen atoms in total. The van der Waals surface area contributed by atoms with Crippen LogP contribution in [0.3, 0.4) is 0 Å². The molecule has 0 saturated carbocycles. The Hall–Kier alpha value is -0.530. The number of unbranched alkanes of at least 4 members (excludes halogenated alkanes) is 27. The Kier molecular flexibility index (Phi) is 41.2. The molecule has 0 radical (unpaired) electrons. The molecule has 0 aliphatic heterocycles. The third kappa shape index (κ3) is 42.1. The highest BCUT2D eigenvalue weighted by molar-refractivity contribution is 5.69. The normalized spacial score (nSPS) is 10.9. The third-order valence-electron chi connectivity index (χ3n) is 7.91. The second-order valence-electron chi connectivity index (χ2n) is 12.2. The van der Waals surface area contributed by atoms with Gasteiger partial charge < -0.3 is 4.74 Å². The fraction of sp³-hybridized carbons (Fsp3) is 0.973. The summed E-state index contributed by atoms with van der Waals surface area (Å²) in [5.41, 5.74) is 0. The van der Waals surface area contributed by atoms with Crippen LogP contribution in [-0.4, -0.2) is 12.6 Å². The van der Waals surface area contributed by atoms with Crippen molar-refractivity contribution in [2.45, 2.75) is 227 Å².